The maximum atomic E-state index is 14.0. The van der Waals surface area contributed by atoms with Gasteiger partial charge in [0, 0.05) is 45.7 Å². The zero-order valence-corrected chi connectivity index (χ0v) is 23.5. The number of aliphatic imine (C=N–C) groups is 1. The second kappa shape index (κ2) is 14.6. The lowest BCUT2D eigenvalue weighted by Crippen LogP contribution is -2.54. The van der Waals surface area contributed by atoms with Gasteiger partial charge in [-0.1, -0.05) is 54.6 Å². The fourth-order valence-electron chi connectivity index (χ4n) is 5.32. The maximum absolute atomic E-state index is 14.0. The van der Waals surface area contributed by atoms with Gasteiger partial charge < -0.3 is 32.3 Å². The van der Waals surface area contributed by atoms with Crippen LogP contribution >= 0.6 is 0 Å². The highest BCUT2D eigenvalue weighted by Gasteiger charge is 2.36. The van der Waals surface area contributed by atoms with Crippen LogP contribution in [-0.4, -0.2) is 67.5 Å². The lowest BCUT2D eigenvalue weighted by Gasteiger charge is -2.31. The van der Waals surface area contributed by atoms with E-state index in [2.05, 4.69) is 33.1 Å². The minimum Gasteiger partial charge on any atom is -0.370 e. The standard InChI is InChI=1S/C31H40FN7O2/c1-35-29(40)28(18-22-8-11-23-5-2-3-6-24(23)17-22)39-16-14-26(20-36-19-21-9-12-25(32)13-10-21)38-27(30(39)41)7-4-15-37-31(33)34/h2-3,5-6,8-13,17,26-28,36,38H,4,7,14-16,18-20H2,1H3,(H,35,40)(H4,33,34,37). The van der Waals surface area contributed by atoms with E-state index in [1.54, 1.807) is 24.1 Å². The third-order valence-electron chi connectivity index (χ3n) is 7.48. The van der Waals surface area contributed by atoms with E-state index in [4.69, 9.17) is 11.5 Å². The molecule has 7 N–H and O–H groups in total. The van der Waals surface area contributed by atoms with Crippen LogP contribution in [-0.2, 0) is 22.6 Å². The number of nitrogens with two attached hydrogens (primary N) is 2. The van der Waals surface area contributed by atoms with Crippen molar-refractivity contribution in [3.05, 3.63) is 83.7 Å². The van der Waals surface area contributed by atoms with E-state index in [0.29, 0.717) is 51.9 Å². The van der Waals surface area contributed by atoms with Crippen LogP contribution in [0.4, 0.5) is 4.39 Å². The molecule has 1 aliphatic heterocycles. The van der Waals surface area contributed by atoms with E-state index in [1.807, 2.05) is 30.3 Å². The second-order valence-corrected chi connectivity index (χ2v) is 10.5. The van der Waals surface area contributed by atoms with Crippen molar-refractivity contribution < 1.29 is 14.0 Å². The highest BCUT2D eigenvalue weighted by atomic mass is 19.1. The van der Waals surface area contributed by atoms with Crippen LogP contribution < -0.4 is 27.4 Å². The zero-order chi connectivity index (χ0) is 29.2. The molecule has 0 aliphatic carbocycles. The van der Waals surface area contributed by atoms with E-state index in [0.717, 1.165) is 21.9 Å². The molecule has 0 bridgehead atoms. The first-order chi connectivity index (χ1) is 19.8. The largest absolute Gasteiger partial charge is 0.370 e. The van der Waals surface area contributed by atoms with Crippen molar-refractivity contribution >= 4 is 28.5 Å². The van der Waals surface area contributed by atoms with Gasteiger partial charge in [0.05, 0.1) is 6.04 Å². The molecule has 3 atom stereocenters. The Labute approximate surface area is 240 Å². The Kier molecular flexibility index (Phi) is 10.6. The van der Waals surface area contributed by atoms with Gasteiger partial charge in [-0.25, -0.2) is 4.39 Å². The molecule has 1 aliphatic rings. The molecule has 3 unspecified atom stereocenters. The summed E-state index contributed by atoms with van der Waals surface area (Å²) in [7, 11) is 1.60. The highest BCUT2D eigenvalue weighted by molar-refractivity contribution is 5.90. The van der Waals surface area contributed by atoms with Gasteiger partial charge in [0.1, 0.15) is 11.9 Å². The van der Waals surface area contributed by atoms with Gasteiger partial charge in [-0.3, -0.25) is 14.6 Å². The number of amides is 2. The summed E-state index contributed by atoms with van der Waals surface area (Å²) in [6.45, 7) is 2.04. The van der Waals surface area contributed by atoms with Gasteiger partial charge in [0.15, 0.2) is 5.96 Å². The number of fused-ring (bicyclic) bond motifs is 1. The number of rotatable bonds is 12. The summed E-state index contributed by atoms with van der Waals surface area (Å²) in [6, 6.07) is 19.5. The van der Waals surface area contributed by atoms with E-state index in [-0.39, 0.29) is 29.6 Å². The molecule has 0 saturated carbocycles. The Balaban J connectivity index is 1.51. The van der Waals surface area contributed by atoms with Gasteiger partial charge in [-0.15, -0.1) is 0 Å². The Hall–Kier alpha value is -4.02. The number of nitrogens with zero attached hydrogens (tertiary/aromatic N) is 2. The number of likely N-dealkylation sites (N-methyl/N-ethyl adjacent to an activating group) is 1. The van der Waals surface area contributed by atoms with Crippen LogP contribution in [0.3, 0.4) is 0 Å². The summed E-state index contributed by atoms with van der Waals surface area (Å²) >= 11 is 0. The van der Waals surface area contributed by atoms with Crippen LogP contribution in [0.15, 0.2) is 71.7 Å². The Morgan fingerprint density at radius 3 is 2.56 bits per heavy atom. The van der Waals surface area contributed by atoms with Gasteiger partial charge in [-0.2, -0.15) is 0 Å². The number of guanidine groups is 1. The quantitative estimate of drug-likeness (QED) is 0.130. The van der Waals surface area contributed by atoms with E-state index >= 15 is 0 Å². The maximum Gasteiger partial charge on any atom is 0.242 e. The van der Waals surface area contributed by atoms with E-state index in [9.17, 15) is 14.0 Å². The number of carbonyl (C=O) groups is 2. The number of hydrogen-bond donors (Lipinski definition) is 5. The molecule has 0 radical (unpaired) electrons. The number of nitrogens with one attached hydrogen (secondary N) is 3. The molecule has 3 aromatic carbocycles. The van der Waals surface area contributed by atoms with E-state index < -0.39 is 12.1 Å². The molecule has 3 aromatic rings. The molecule has 9 nitrogen and oxygen atoms in total. The minimum atomic E-state index is -0.651. The van der Waals surface area contributed by atoms with Crippen molar-refractivity contribution in [3.8, 4) is 0 Å². The monoisotopic (exact) mass is 561 g/mol. The van der Waals surface area contributed by atoms with Gasteiger partial charge in [0.2, 0.25) is 11.8 Å². The normalized spacial score (nSPS) is 18.1. The van der Waals surface area contributed by atoms with Crippen molar-refractivity contribution in [1.29, 1.82) is 0 Å². The molecule has 1 heterocycles. The second-order valence-electron chi connectivity index (χ2n) is 10.5. The van der Waals surface area contributed by atoms with Crippen molar-refractivity contribution in [2.24, 2.45) is 16.5 Å². The molecular weight excluding hydrogens is 521 g/mol. The SMILES string of the molecule is CNC(=O)C(Cc1ccc2ccccc2c1)N1CCC(CNCc2ccc(F)cc2)NC(CCCN=C(N)N)C1=O. The van der Waals surface area contributed by atoms with Crippen LogP contribution in [0.25, 0.3) is 10.8 Å². The molecule has 41 heavy (non-hydrogen) atoms. The van der Waals surface area contributed by atoms with Crippen molar-refractivity contribution in [2.75, 3.05) is 26.7 Å². The third-order valence-corrected chi connectivity index (χ3v) is 7.48. The molecule has 10 heteroatoms. The van der Waals surface area contributed by atoms with Crippen LogP contribution in [0.5, 0.6) is 0 Å². The number of benzene rings is 3. The molecule has 0 spiro atoms. The zero-order valence-electron chi connectivity index (χ0n) is 23.5. The molecular formula is C31H40FN7O2. The first-order valence-electron chi connectivity index (χ1n) is 14.1. The summed E-state index contributed by atoms with van der Waals surface area (Å²) < 4.78 is 13.3. The third kappa shape index (κ3) is 8.48. The summed E-state index contributed by atoms with van der Waals surface area (Å²) in [5.74, 6) is -0.552. The fourth-order valence-corrected chi connectivity index (χ4v) is 5.32. The Morgan fingerprint density at radius 1 is 1.10 bits per heavy atom. The van der Waals surface area contributed by atoms with Gasteiger partial charge >= 0.3 is 0 Å². The van der Waals surface area contributed by atoms with Crippen molar-refractivity contribution in [1.82, 2.24) is 20.9 Å². The lowest BCUT2D eigenvalue weighted by molar-refractivity contribution is -0.141. The molecule has 4 rings (SSSR count). The minimum absolute atomic E-state index is 0.0107. The molecule has 2 amide bonds. The lowest BCUT2D eigenvalue weighted by atomic mass is 9.99. The summed E-state index contributed by atoms with van der Waals surface area (Å²) in [5, 5.41) is 11.9. The van der Waals surface area contributed by atoms with Crippen molar-refractivity contribution in [3.63, 3.8) is 0 Å². The first kappa shape index (κ1) is 30.0. The molecule has 1 saturated heterocycles. The fraction of sp³-hybridized carbons (Fsp3) is 0.387. The van der Waals surface area contributed by atoms with Crippen LogP contribution in [0.1, 0.15) is 30.4 Å². The number of hydrogen-bond acceptors (Lipinski definition) is 5. The molecule has 0 aromatic heterocycles. The Bertz CT molecular complexity index is 1340. The molecule has 218 valence electrons. The average Bonchev–Trinajstić information content (AvgIpc) is 3.12. The predicted octanol–water partition coefficient (Wildman–Crippen LogP) is 2.04. The topological polar surface area (TPSA) is 138 Å². The number of halogens is 1. The summed E-state index contributed by atoms with van der Waals surface area (Å²) in [5.41, 5.74) is 12.9. The smallest absolute Gasteiger partial charge is 0.242 e. The van der Waals surface area contributed by atoms with Gasteiger partial charge in [-0.05, 0) is 53.3 Å². The predicted molar refractivity (Wildman–Crippen MR) is 161 cm³/mol. The van der Waals surface area contributed by atoms with Gasteiger partial charge in [0.25, 0.3) is 0 Å². The van der Waals surface area contributed by atoms with Crippen LogP contribution in [0, 0.1) is 5.82 Å². The summed E-state index contributed by atoms with van der Waals surface area (Å²) in [4.78, 5) is 32.9. The summed E-state index contributed by atoms with van der Waals surface area (Å²) in [6.07, 6.45) is 2.21. The van der Waals surface area contributed by atoms with Crippen molar-refractivity contribution in [2.45, 2.75) is 50.4 Å². The first-order valence-corrected chi connectivity index (χ1v) is 14.1. The Morgan fingerprint density at radius 2 is 1.83 bits per heavy atom. The highest BCUT2D eigenvalue weighted by Crippen LogP contribution is 2.21. The van der Waals surface area contributed by atoms with E-state index in [1.165, 1.54) is 12.1 Å². The molecule has 1 fully saturated rings. The number of carbonyl (C=O) groups excluding carboxylic acids is 2. The van der Waals surface area contributed by atoms with Crippen LogP contribution in [0.2, 0.25) is 0 Å². The average molecular weight is 562 g/mol.